The molecule has 0 aromatic heterocycles. The van der Waals surface area contributed by atoms with Crippen LogP contribution in [0.4, 0.5) is 8.78 Å². The Balaban J connectivity index is 1.88. The summed E-state index contributed by atoms with van der Waals surface area (Å²) in [6.45, 7) is -0.0230. The third-order valence-corrected chi connectivity index (χ3v) is 3.13. The van der Waals surface area contributed by atoms with Crippen molar-refractivity contribution in [3.63, 3.8) is 0 Å². The van der Waals surface area contributed by atoms with Gasteiger partial charge in [0.1, 0.15) is 0 Å². The second kappa shape index (κ2) is 8.16. The minimum Gasteiger partial charge on any atom is -0.504 e. The smallest absolute Gasteiger partial charge is 0.165 e. The predicted molar refractivity (Wildman–Crippen MR) is 87.1 cm³/mol. The molecule has 0 saturated carbocycles. The van der Waals surface area contributed by atoms with E-state index < -0.39 is 29.2 Å². The van der Waals surface area contributed by atoms with Gasteiger partial charge in [0.05, 0.1) is 19.2 Å². The molecule has 0 aliphatic rings. The molecule has 0 aliphatic carbocycles. The van der Waals surface area contributed by atoms with E-state index in [-0.39, 0.29) is 24.2 Å². The zero-order valence-corrected chi connectivity index (χ0v) is 12.6. The number of rotatable bonds is 6. The highest BCUT2D eigenvalue weighted by atomic mass is 19.1. The molecule has 0 aliphatic heterocycles. The van der Waals surface area contributed by atoms with Crippen molar-refractivity contribution in [1.82, 2.24) is 0 Å². The summed E-state index contributed by atoms with van der Waals surface area (Å²) in [6, 6.07) is 8.08. The summed E-state index contributed by atoms with van der Waals surface area (Å²) in [5, 5.41) is 28.7. The number of phenolic OH excluding ortho intramolecular Hbond substituents is 2. The number of hydrogen-bond acceptors (Lipinski definition) is 5. The van der Waals surface area contributed by atoms with Gasteiger partial charge in [-0.25, -0.2) is 8.78 Å². The molecule has 0 heterocycles. The quantitative estimate of drug-likeness (QED) is 0.709. The Morgan fingerprint density at radius 3 is 1.67 bits per heavy atom. The number of phenols is 2. The van der Waals surface area contributed by atoms with Crippen LogP contribution < -0.4 is 0 Å². The van der Waals surface area contributed by atoms with Crippen molar-refractivity contribution in [3.8, 4) is 11.5 Å². The van der Waals surface area contributed by atoms with Crippen LogP contribution >= 0.6 is 0 Å². The summed E-state index contributed by atoms with van der Waals surface area (Å²) in [5.41, 5.74) is 0.408. The Morgan fingerprint density at radius 1 is 0.833 bits per heavy atom. The van der Waals surface area contributed by atoms with Gasteiger partial charge >= 0.3 is 0 Å². The van der Waals surface area contributed by atoms with Crippen molar-refractivity contribution in [1.29, 1.82) is 0 Å². The average molecular weight is 334 g/mol. The first-order valence-corrected chi connectivity index (χ1v) is 7.11. The monoisotopic (exact) mass is 334 g/mol. The van der Waals surface area contributed by atoms with Gasteiger partial charge in [-0.1, -0.05) is 12.1 Å². The SMILES string of the molecule is Oc1c(F)cccc1C=NCC(O)CN=Cc1cccc(F)c1O. The highest BCUT2D eigenvalue weighted by Crippen LogP contribution is 2.19. The Kier molecular flexibility index (Phi) is 5.97. The van der Waals surface area contributed by atoms with E-state index in [4.69, 9.17) is 0 Å². The van der Waals surface area contributed by atoms with Crippen LogP contribution in [0.15, 0.2) is 46.4 Å². The van der Waals surface area contributed by atoms with Crippen LogP contribution in [0.3, 0.4) is 0 Å². The molecule has 5 nitrogen and oxygen atoms in total. The second-order valence-corrected chi connectivity index (χ2v) is 5.00. The minimum absolute atomic E-state index is 0.0115. The van der Waals surface area contributed by atoms with Crippen molar-refractivity contribution in [3.05, 3.63) is 59.2 Å². The van der Waals surface area contributed by atoms with E-state index in [0.717, 1.165) is 12.1 Å². The van der Waals surface area contributed by atoms with Gasteiger partial charge in [-0.3, -0.25) is 9.98 Å². The number of aliphatic hydroxyl groups excluding tert-OH is 1. The molecule has 0 amide bonds. The molecule has 0 spiro atoms. The van der Waals surface area contributed by atoms with Crippen LogP contribution in [0, 0.1) is 11.6 Å². The van der Waals surface area contributed by atoms with Crippen molar-refractivity contribution < 1.29 is 24.1 Å². The lowest BCUT2D eigenvalue weighted by Gasteiger charge is -2.04. The lowest BCUT2D eigenvalue weighted by Crippen LogP contribution is -2.15. The fourth-order valence-corrected chi connectivity index (χ4v) is 1.88. The van der Waals surface area contributed by atoms with E-state index in [2.05, 4.69) is 9.98 Å². The minimum atomic E-state index is -0.913. The van der Waals surface area contributed by atoms with Gasteiger partial charge in [-0.15, -0.1) is 0 Å². The van der Waals surface area contributed by atoms with Gasteiger partial charge in [0, 0.05) is 23.6 Å². The summed E-state index contributed by atoms with van der Waals surface area (Å²) in [7, 11) is 0. The number of aromatic hydroxyl groups is 2. The fourth-order valence-electron chi connectivity index (χ4n) is 1.88. The van der Waals surface area contributed by atoms with Crippen LogP contribution in [0.5, 0.6) is 11.5 Å². The van der Waals surface area contributed by atoms with Crippen LogP contribution in [-0.2, 0) is 0 Å². The van der Waals surface area contributed by atoms with E-state index in [1.54, 1.807) is 0 Å². The molecule has 0 saturated heterocycles. The molecule has 7 heteroatoms. The lowest BCUT2D eigenvalue weighted by atomic mass is 10.2. The first kappa shape index (κ1) is 17.6. The van der Waals surface area contributed by atoms with Crippen LogP contribution in [0.2, 0.25) is 0 Å². The number of benzene rings is 2. The molecule has 2 aromatic carbocycles. The van der Waals surface area contributed by atoms with Crippen molar-refractivity contribution in [2.75, 3.05) is 13.1 Å². The Hall–Kier alpha value is -2.80. The molecule has 2 rings (SSSR count). The van der Waals surface area contributed by atoms with Gasteiger partial charge in [0.25, 0.3) is 0 Å². The summed E-state index contributed by atoms with van der Waals surface area (Å²) in [4.78, 5) is 7.83. The Labute approximate surface area is 137 Å². The number of para-hydroxylation sites is 2. The highest BCUT2D eigenvalue weighted by Gasteiger charge is 2.06. The summed E-state index contributed by atoms with van der Waals surface area (Å²) < 4.78 is 26.3. The third-order valence-electron chi connectivity index (χ3n) is 3.13. The molecule has 24 heavy (non-hydrogen) atoms. The van der Waals surface area contributed by atoms with Crippen LogP contribution in [-0.4, -0.2) is 46.9 Å². The van der Waals surface area contributed by atoms with E-state index in [1.807, 2.05) is 0 Å². The fraction of sp³-hybridized carbons (Fsp3) is 0.176. The number of halogens is 2. The lowest BCUT2D eigenvalue weighted by molar-refractivity contribution is 0.193. The molecule has 2 aromatic rings. The summed E-state index contributed by atoms with van der Waals surface area (Å²) >= 11 is 0. The van der Waals surface area contributed by atoms with Crippen LogP contribution in [0.1, 0.15) is 11.1 Å². The summed E-state index contributed by atoms with van der Waals surface area (Å²) in [6.07, 6.45) is 1.59. The van der Waals surface area contributed by atoms with E-state index in [1.165, 1.54) is 36.7 Å². The first-order chi connectivity index (χ1) is 11.5. The standard InChI is InChI=1S/C17H16F2N2O3/c18-14-5-1-3-11(16(14)23)7-20-9-13(22)10-21-8-12-4-2-6-15(19)17(12)24/h1-8,13,22-24H,9-10H2. The van der Waals surface area contributed by atoms with Crippen molar-refractivity contribution in [2.45, 2.75) is 6.10 Å². The largest absolute Gasteiger partial charge is 0.504 e. The van der Waals surface area contributed by atoms with Gasteiger partial charge < -0.3 is 15.3 Å². The maximum absolute atomic E-state index is 13.1. The average Bonchev–Trinajstić information content (AvgIpc) is 2.55. The molecule has 0 bridgehead atoms. The van der Waals surface area contributed by atoms with Gasteiger partial charge in [-0.2, -0.15) is 0 Å². The Bertz CT molecular complexity index is 700. The van der Waals surface area contributed by atoms with Gasteiger partial charge in [0.2, 0.25) is 0 Å². The normalized spacial score (nSPS) is 13.0. The van der Waals surface area contributed by atoms with E-state index >= 15 is 0 Å². The predicted octanol–water partition coefficient (Wildman–Crippen LogP) is 2.27. The van der Waals surface area contributed by atoms with Gasteiger partial charge in [0.15, 0.2) is 23.1 Å². The third kappa shape index (κ3) is 4.60. The van der Waals surface area contributed by atoms with Crippen molar-refractivity contribution >= 4 is 12.4 Å². The van der Waals surface area contributed by atoms with E-state index in [9.17, 15) is 24.1 Å². The maximum atomic E-state index is 13.1. The number of aliphatic hydroxyl groups is 1. The molecule has 0 unspecified atom stereocenters. The molecule has 0 atom stereocenters. The molecule has 126 valence electrons. The number of nitrogens with zero attached hydrogens (tertiary/aromatic N) is 2. The van der Waals surface area contributed by atoms with Gasteiger partial charge in [-0.05, 0) is 24.3 Å². The molecule has 0 radical (unpaired) electrons. The van der Waals surface area contributed by atoms with Crippen LogP contribution in [0.25, 0.3) is 0 Å². The zero-order chi connectivity index (χ0) is 17.5. The molecule has 0 fully saturated rings. The topological polar surface area (TPSA) is 85.4 Å². The Morgan fingerprint density at radius 2 is 1.25 bits per heavy atom. The summed E-state index contributed by atoms with van der Waals surface area (Å²) in [5.74, 6) is -2.51. The second-order valence-electron chi connectivity index (χ2n) is 5.00. The van der Waals surface area contributed by atoms with Crippen molar-refractivity contribution in [2.24, 2.45) is 9.98 Å². The molecular formula is C17H16F2N2O3. The number of hydrogen-bond donors (Lipinski definition) is 3. The highest BCUT2D eigenvalue weighted by molar-refractivity contribution is 5.84. The molecule has 3 N–H and O–H groups in total. The molecular weight excluding hydrogens is 318 g/mol. The first-order valence-electron chi connectivity index (χ1n) is 7.11. The van der Waals surface area contributed by atoms with E-state index in [0.29, 0.717) is 0 Å². The number of aliphatic imine (C=N–C) groups is 2. The zero-order valence-electron chi connectivity index (χ0n) is 12.6. The maximum Gasteiger partial charge on any atom is 0.165 e.